The highest BCUT2D eigenvalue weighted by atomic mass is 32.2. The van der Waals surface area contributed by atoms with Crippen LogP contribution in [0.25, 0.3) is 0 Å². The summed E-state index contributed by atoms with van der Waals surface area (Å²) in [5.74, 6) is -0.208. The van der Waals surface area contributed by atoms with Gasteiger partial charge in [0.25, 0.3) is 10.0 Å². The molecule has 0 atom stereocenters. The minimum absolute atomic E-state index is 0.0692. The summed E-state index contributed by atoms with van der Waals surface area (Å²) in [6.07, 6.45) is -0.446. The predicted molar refractivity (Wildman–Crippen MR) is 96.7 cm³/mol. The Balaban J connectivity index is 1.73. The Kier molecular flexibility index (Phi) is 4.81. The highest BCUT2D eigenvalue weighted by Crippen LogP contribution is 2.23. The minimum atomic E-state index is -3.78. The lowest BCUT2D eigenvalue weighted by Crippen LogP contribution is -2.23. The number of carbonyl (C=O) groups is 2. The van der Waals surface area contributed by atoms with Crippen LogP contribution in [0.5, 0.6) is 0 Å². The first-order valence-corrected chi connectivity index (χ1v) is 9.28. The molecule has 2 aromatic carbocycles. The first kappa shape index (κ1) is 17.7. The third kappa shape index (κ3) is 3.94. The molecule has 2 aromatic rings. The van der Waals surface area contributed by atoms with Crippen LogP contribution in [0.1, 0.15) is 6.92 Å². The molecule has 3 rings (SSSR count). The van der Waals surface area contributed by atoms with E-state index in [1.54, 1.807) is 36.4 Å². The molecule has 9 heteroatoms. The third-order valence-electron chi connectivity index (χ3n) is 3.68. The van der Waals surface area contributed by atoms with E-state index >= 15 is 0 Å². The number of hydrogen-bond acceptors (Lipinski definition) is 5. The van der Waals surface area contributed by atoms with E-state index in [2.05, 4.69) is 10.0 Å². The minimum Gasteiger partial charge on any atom is -0.447 e. The molecule has 26 heavy (non-hydrogen) atoms. The van der Waals surface area contributed by atoms with Gasteiger partial charge in [-0.25, -0.2) is 13.2 Å². The fourth-order valence-electron chi connectivity index (χ4n) is 2.47. The second-order valence-electron chi connectivity index (χ2n) is 5.62. The maximum absolute atomic E-state index is 12.5. The van der Waals surface area contributed by atoms with E-state index in [1.807, 2.05) is 0 Å². The topological polar surface area (TPSA) is 105 Å². The molecule has 0 unspecified atom stereocenters. The van der Waals surface area contributed by atoms with Gasteiger partial charge >= 0.3 is 6.09 Å². The second-order valence-corrected chi connectivity index (χ2v) is 7.31. The lowest BCUT2D eigenvalue weighted by molar-refractivity contribution is -0.114. The Morgan fingerprint density at radius 2 is 1.65 bits per heavy atom. The van der Waals surface area contributed by atoms with Crippen molar-refractivity contribution < 1.29 is 22.7 Å². The van der Waals surface area contributed by atoms with Gasteiger partial charge in [-0.3, -0.25) is 14.4 Å². The zero-order valence-corrected chi connectivity index (χ0v) is 14.7. The molecular weight excluding hydrogens is 358 g/mol. The molecule has 1 aliphatic rings. The zero-order valence-electron chi connectivity index (χ0n) is 13.9. The average molecular weight is 375 g/mol. The molecule has 1 heterocycles. The fourth-order valence-corrected chi connectivity index (χ4v) is 3.53. The molecule has 0 saturated carbocycles. The number of anilines is 3. The Hall–Kier alpha value is -3.07. The quantitative estimate of drug-likeness (QED) is 0.835. The van der Waals surface area contributed by atoms with Gasteiger partial charge in [0.1, 0.15) is 6.61 Å². The van der Waals surface area contributed by atoms with E-state index in [0.29, 0.717) is 30.2 Å². The summed E-state index contributed by atoms with van der Waals surface area (Å²) < 4.78 is 32.3. The highest BCUT2D eigenvalue weighted by Gasteiger charge is 2.24. The normalized spacial score (nSPS) is 14.0. The average Bonchev–Trinajstić information content (AvgIpc) is 3.02. The number of ether oxygens (including phenoxy) is 1. The molecule has 1 aliphatic heterocycles. The van der Waals surface area contributed by atoms with E-state index in [9.17, 15) is 18.0 Å². The van der Waals surface area contributed by atoms with Crippen molar-refractivity contribution in [2.75, 3.05) is 28.1 Å². The zero-order chi connectivity index (χ0) is 18.7. The van der Waals surface area contributed by atoms with Gasteiger partial charge in [-0.1, -0.05) is 0 Å². The standard InChI is InChI=1S/C17H17N3O5S/c1-12(21)18-13-2-4-14(5-3-13)19-26(23,24)16-8-6-15(7-9-16)20-10-11-25-17(20)22/h2-9,19H,10-11H2,1H3,(H,18,21). The lowest BCUT2D eigenvalue weighted by Gasteiger charge is -2.14. The van der Waals surface area contributed by atoms with Gasteiger partial charge in [-0.05, 0) is 48.5 Å². The Labute approximate surface area is 150 Å². The molecule has 8 nitrogen and oxygen atoms in total. The van der Waals surface area contributed by atoms with Crippen molar-refractivity contribution in [1.29, 1.82) is 0 Å². The highest BCUT2D eigenvalue weighted by molar-refractivity contribution is 7.92. The van der Waals surface area contributed by atoms with Crippen LogP contribution in [0, 0.1) is 0 Å². The Morgan fingerprint density at radius 3 is 2.19 bits per heavy atom. The van der Waals surface area contributed by atoms with Crippen molar-refractivity contribution >= 4 is 39.1 Å². The molecular formula is C17H17N3O5S. The van der Waals surface area contributed by atoms with Gasteiger partial charge in [0.15, 0.2) is 0 Å². The first-order valence-electron chi connectivity index (χ1n) is 7.80. The van der Waals surface area contributed by atoms with E-state index in [-0.39, 0.29) is 10.8 Å². The van der Waals surface area contributed by atoms with E-state index in [4.69, 9.17) is 4.74 Å². The van der Waals surface area contributed by atoms with Crippen molar-refractivity contribution in [1.82, 2.24) is 0 Å². The Bertz CT molecular complexity index is 924. The molecule has 2 amide bonds. The number of hydrogen-bond donors (Lipinski definition) is 2. The summed E-state index contributed by atoms with van der Waals surface area (Å²) in [4.78, 5) is 24.0. The predicted octanol–water partition coefficient (Wildman–Crippen LogP) is 2.40. The first-order chi connectivity index (χ1) is 12.3. The number of sulfonamides is 1. The third-order valence-corrected chi connectivity index (χ3v) is 5.07. The van der Waals surface area contributed by atoms with Gasteiger partial charge < -0.3 is 10.1 Å². The van der Waals surface area contributed by atoms with Crippen molar-refractivity contribution in [2.24, 2.45) is 0 Å². The van der Waals surface area contributed by atoms with Crippen molar-refractivity contribution in [3.05, 3.63) is 48.5 Å². The molecule has 0 spiro atoms. The van der Waals surface area contributed by atoms with Gasteiger partial charge in [0.2, 0.25) is 5.91 Å². The second kappa shape index (κ2) is 7.04. The summed E-state index contributed by atoms with van der Waals surface area (Å²) in [6.45, 7) is 2.14. The number of rotatable bonds is 5. The maximum atomic E-state index is 12.5. The number of cyclic esters (lactones) is 1. The van der Waals surface area contributed by atoms with E-state index in [1.165, 1.54) is 24.0 Å². The van der Waals surface area contributed by atoms with E-state index < -0.39 is 16.1 Å². The van der Waals surface area contributed by atoms with Crippen LogP contribution in [0.4, 0.5) is 21.9 Å². The van der Waals surface area contributed by atoms with Crippen molar-refractivity contribution in [2.45, 2.75) is 11.8 Å². The SMILES string of the molecule is CC(=O)Nc1ccc(NS(=O)(=O)c2ccc(N3CCOC3=O)cc2)cc1. The molecule has 0 bridgehead atoms. The number of amides is 2. The molecule has 0 aromatic heterocycles. The molecule has 0 aliphatic carbocycles. The van der Waals surface area contributed by atoms with Crippen molar-refractivity contribution in [3.63, 3.8) is 0 Å². The summed E-state index contributed by atoms with van der Waals surface area (Å²) in [7, 11) is -3.78. The molecule has 1 fully saturated rings. The van der Waals surface area contributed by atoms with Gasteiger partial charge in [-0.15, -0.1) is 0 Å². The van der Waals surface area contributed by atoms with Gasteiger partial charge in [-0.2, -0.15) is 0 Å². The van der Waals surface area contributed by atoms with Crippen LogP contribution in [0.15, 0.2) is 53.4 Å². The van der Waals surface area contributed by atoms with Crippen LogP contribution in [-0.2, 0) is 19.6 Å². The van der Waals surface area contributed by atoms with Crippen LogP contribution in [0.2, 0.25) is 0 Å². The largest absolute Gasteiger partial charge is 0.447 e. The number of carbonyl (C=O) groups excluding carboxylic acids is 2. The van der Waals surface area contributed by atoms with Gasteiger partial charge in [0.05, 0.1) is 11.4 Å². The van der Waals surface area contributed by atoms with Crippen molar-refractivity contribution in [3.8, 4) is 0 Å². The summed E-state index contributed by atoms with van der Waals surface area (Å²) >= 11 is 0. The lowest BCUT2D eigenvalue weighted by atomic mass is 10.3. The molecule has 0 radical (unpaired) electrons. The molecule has 136 valence electrons. The number of nitrogens with zero attached hydrogens (tertiary/aromatic N) is 1. The number of nitrogens with one attached hydrogen (secondary N) is 2. The Morgan fingerprint density at radius 1 is 1.04 bits per heavy atom. The molecule has 1 saturated heterocycles. The van der Waals surface area contributed by atoms with Crippen LogP contribution < -0.4 is 14.9 Å². The monoisotopic (exact) mass is 375 g/mol. The molecule has 2 N–H and O–H groups in total. The van der Waals surface area contributed by atoms with Crippen LogP contribution in [-0.4, -0.2) is 33.6 Å². The van der Waals surface area contributed by atoms with E-state index in [0.717, 1.165) is 0 Å². The summed E-state index contributed by atoms with van der Waals surface area (Å²) in [6, 6.07) is 12.3. The summed E-state index contributed by atoms with van der Waals surface area (Å²) in [5, 5.41) is 2.60. The van der Waals surface area contributed by atoms with Crippen LogP contribution >= 0.6 is 0 Å². The van der Waals surface area contributed by atoms with Gasteiger partial charge in [0, 0.05) is 24.0 Å². The summed E-state index contributed by atoms with van der Waals surface area (Å²) in [5.41, 5.74) is 1.51. The number of benzene rings is 2. The van der Waals surface area contributed by atoms with Crippen LogP contribution in [0.3, 0.4) is 0 Å². The smallest absolute Gasteiger partial charge is 0.414 e. The maximum Gasteiger partial charge on any atom is 0.414 e. The fraction of sp³-hybridized carbons (Fsp3) is 0.176.